The third-order valence-corrected chi connectivity index (χ3v) is 5.25. The first-order valence-electron chi connectivity index (χ1n) is 7.61. The van der Waals surface area contributed by atoms with Crippen LogP contribution in [0, 0.1) is 5.92 Å². The molecule has 0 aliphatic carbocycles. The number of halogens is 1. The Morgan fingerprint density at radius 3 is 3.18 bits per heavy atom. The SMILES string of the molecule is O=C(NCCCCc1ccc(Cl)s1)C1CCn2ncnc2C1. The van der Waals surface area contributed by atoms with E-state index in [-0.39, 0.29) is 11.8 Å². The van der Waals surface area contributed by atoms with E-state index in [0.29, 0.717) is 6.42 Å². The van der Waals surface area contributed by atoms with Gasteiger partial charge in [-0.3, -0.25) is 9.48 Å². The van der Waals surface area contributed by atoms with Crippen molar-refractivity contribution in [2.24, 2.45) is 5.92 Å². The maximum atomic E-state index is 12.2. The number of unbranched alkanes of at least 4 members (excludes halogenated alkanes) is 1. The van der Waals surface area contributed by atoms with E-state index in [1.54, 1.807) is 17.7 Å². The Morgan fingerprint density at radius 1 is 1.45 bits per heavy atom. The molecule has 1 amide bonds. The second-order valence-electron chi connectivity index (χ2n) is 5.54. The Bertz CT molecular complexity index is 639. The van der Waals surface area contributed by atoms with Crippen LogP contribution < -0.4 is 5.32 Å². The Morgan fingerprint density at radius 2 is 2.36 bits per heavy atom. The average Bonchev–Trinajstić information content (AvgIpc) is 3.14. The summed E-state index contributed by atoms with van der Waals surface area (Å²) in [5.74, 6) is 1.10. The summed E-state index contributed by atoms with van der Waals surface area (Å²) in [4.78, 5) is 17.7. The largest absolute Gasteiger partial charge is 0.356 e. The number of hydrogen-bond acceptors (Lipinski definition) is 4. The van der Waals surface area contributed by atoms with E-state index in [1.165, 1.54) is 4.88 Å². The number of hydrogen-bond donors (Lipinski definition) is 1. The molecule has 0 aromatic carbocycles. The summed E-state index contributed by atoms with van der Waals surface area (Å²) in [5, 5.41) is 7.18. The average molecular weight is 339 g/mol. The quantitative estimate of drug-likeness (QED) is 0.824. The first-order chi connectivity index (χ1) is 10.7. The maximum Gasteiger partial charge on any atom is 0.223 e. The molecular weight excluding hydrogens is 320 g/mol. The highest BCUT2D eigenvalue weighted by Gasteiger charge is 2.25. The van der Waals surface area contributed by atoms with Crippen LogP contribution in [0.15, 0.2) is 18.5 Å². The summed E-state index contributed by atoms with van der Waals surface area (Å²) in [6.07, 6.45) is 6.18. The Labute approximate surface area is 138 Å². The maximum absolute atomic E-state index is 12.2. The van der Waals surface area contributed by atoms with Gasteiger partial charge in [0.25, 0.3) is 0 Å². The summed E-state index contributed by atoms with van der Waals surface area (Å²) in [5.41, 5.74) is 0. The molecule has 2 aromatic heterocycles. The fourth-order valence-electron chi connectivity index (χ4n) is 2.72. The summed E-state index contributed by atoms with van der Waals surface area (Å²) in [7, 11) is 0. The molecule has 0 fully saturated rings. The van der Waals surface area contributed by atoms with Crippen molar-refractivity contribution in [1.82, 2.24) is 20.1 Å². The molecule has 7 heteroatoms. The van der Waals surface area contributed by atoms with Gasteiger partial charge in [0.1, 0.15) is 12.2 Å². The predicted molar refractivity (Wildman–Crippen MR) is 87.1 cm³/mol. The van der Waals surface area contributed by atoms with Crippen molar-refractivity contribution in [2.45, 2.75) is 38.6 Å². The number of fused-ring (bicyclic) bond motifs is 1. The van der Waals surface area contributed by atoms with Gasteiger partial charge in [-0.15, -0.1) is 11.3 Å². The highest BCUT2D eigenvalue weighted by molar-refractivity contribution is 7.16. The topological polar surface area (TPSA) is 59.8 Å². The van der Waals surface area contributed by atoms with Gasteiger partial charge in [0, 0.05) is 30.3 Å². The number of aromatic nitrogens is 3. The molecule has 1 aliphatic heterocycles. The highest BCUT2D eigenvalue weighted by Crippen LogP contribution is 2.22. The minimum atomic E-state index is 0.0350. The van der Waals surface area contributed by atoms with Gasteiger partial charge in [0.2, 0.25) is 5.91 Å². The summed E-state index contributed by atoms with van der Waals surface area (Å²) >= 11 is 7.54. The molecule has 3 rings (SSSR count). The summed E-state index contributed by atoms with van der Waals surface area (Å²) in [6.45, 7) is 1.52. The van der Waals surface area contributed by atoms with Crippen molar-refractivity contribution >= 4 is 28.8 Å². The lowest BCUT2D eigenvalue weighted by Crippen LogP contribution is -2.36. The molecule has 2 aromatic rings. The number of thiophene rings is 1. The molecule has 5 nitrogen and oxygen atoms in total. The molecule has 0 spiro atoms. The van der Waals surface area contributed by atoms with Crippen LogP contribution in [0.5, 0.6) is 0 Å². The van der Waals surface area contributed by atoms with Crippen molar-refractivity contribution in [2.75, 3.05) is 6.54 Å². The number of nitrogens with zero attached hydrogens (tertiary/aromatic N) is 3. The lowest BCUT2D eigenvalue weighted by atomic mass is 9.97. The van der Waals surface area contributed by atoms with Gasteiger partial charge < -0.3 is 5.32 Å². The summed E-state index contributed by atoms with van der Waals surface area (Å²) in [6, 6.07) is 4.01. The number of rotatable bonds is 6. The molecule has 0 saturated carbocycles. The summed E-state index contributed by atoms with van der Waals surface area (Å²) < 4.78 is 2.73. The zero-order valence-electron chi connectivity index (χ0n) is 12.3. The number of carbonyl (C=O) groups is 1. The van der Waals surface area contributed by atoms with E-state index >= 15 is 0 Å². The Kier molecular flexibility index (Phi) is 5.10. The van der Waals surface area contributed by atoms with Gasteiger partial charge in [-0.25, -0.2) is 4.98 Å². The van der Waals surface area contributed by atoms with Gasteiger partial charge in [-0.05, 0) is 37.8 Å². The second-order valence-corrected chi connectivity index (χ2v) is 7.34. The molecular formula is C15H19ClN4OS. The zero-order valence-corrected chi connectivity index (χ0v) is 13.9. The van der Waals surface area contributed by atoms with Crippen molar-refractivity contribution in [3.05, 3.63) is 33.5 Å². The van der Waals surface area contributed by atoms with E-state index in [0.717, 1.165) is 48.9 Å². The second kappa shape index (κ2) is 7.24. The molecule has 1 aliphatic rings. The van der Waals surface area contributed by atoms with Gasteiger partial charge in [0.15, 0.2) is 0 Å². The van der Waals surface area contributed by atoms with E-state index in [4.69, 9.17) is 11.6 Å². The minimum Gasteiger partial charge on any atom is -0.356 e. The third-order valence-electron chi connectivity index (χ3n) is 3.96. The lowest BCUT2D eigenvalue weighted by molar-refractivity contribution is -0.125. The van der Waals surface area contributed by atoms with Crippen LogP contribution in [0.2, 0.25) is 4.34 Å². The Balaban J connectivity index is 1.34. The smallest absolute Gasteiger partial charge is 0.223 e. The molecule has 0 radical (unpaired) electrons. The number of nitrogens with one attached hydrogen (secondary N) is 1. The van der Waals surface area contributed by atoms with Crippen LogP contribution in [-0.4, -0.2) is 27.2 Å². The van der Waals surface area contributed by atoms with Crippen molar-refractivity contribution < 1.29 is 4.79 Å². The fourth-order valence-corrected chi connectivity index (χ4v) is 3.85. The van der Waals surface area contributed by atoms with Crippen LogP contribution >= 0.6 is 22.9 Å². The molecule has 1 N–H and O–H groups in total. The molecule has 0 saturated heterocycles. The highest BCUT2D eigenvalue weighted by atomic mass is 35.5. The van der Waals surface area contributed by atoms with Crippen molar-refractivity contribution in [3.63, 3.8) is 0 Å². The van der Waals surface area contributed by atoms with Crippen LogP contribution in [0.1, 0.15) is 30.0 Å². The normalized spacial score (nSPS) is 17.2. The van der Waals surface area contributed by atoms with Crippen molar-refractivity contribution in [3.8, 4) is 0 Å². The monoisotopic (exact) mass is 338 g/mol. The molecule has 3 heterocycles. The van der Waals surface area contributed by atoms with E-state index in [2.05, 4.69) is 21.5 Å². The number of aryl methyl sites for hydroxylation is 2. The van der Waals surface area contributed by atoms with E-state index in [9.17, 15) is 4.79 Å². The number of amides is 1. The third kappa shape index (κ3) is 3.87. The van der Waals surface area contributed by atoms with Crippen LogP contribution in [-0.2, 0) is 24.2 Å². The Hall–Kier alpha value is -1.40. The van der Waals surface area contributed by atoms with Crippen LogP contribution in [0.25, 0.3) is 0 Å². The standard InChI is InChI=1S/C15H19ClN4OS/c16-13-5-4-12(22-13)3-1-2-7-17-15(21)11-6-8-20-14(9-11)18-10-19-20/h4-5,10-11H,1-3,6-9H2,(H,17,21). The predicted octanol–water partition coefficient (Wildman–Crippen LogP) is 2.69. The molecule has 1 unspecified atom stereocenters. The molecule has 118 valence electrons. The fraction of sp³-hybridized carbons (Fsp3) is 0.533. The van der Waals surface area contributed by atoms with Gasteiger partial charge in [-0.1, -0.05) is 11.6 Å². The minimum absolute atomic E-state index is 0.0350. The van der Waals surface area contributed by atoms with Crippen molar-refractivity contribution in [1.29, 1.82) is 0 Å². The van der Waals surface area contributed by atoms with Gasteiger partial charge in [-0.2, -0.15) is 5.10 Å². The lowest BCUT2D eigenvalue weighted by Gasteiger charge is -2.21. The first kappa shape index (κ1) is 15.5. The van der Waals surface area contributed by atoms with E-state index in [1.807, 2.05) is 10.7 Å². The van der Waals surface area contributed by atoms with Gasteiger partial charge in [0.05, 0.1) is 4.34 Å². The van der Waals surface area contributed by atoms with Gasteiger partial charge >= 0.3 is 0 Å². The van der Waals surface area contributed by atoms with Crippen LogP contribution in [0.3, 0.4) is 0 Å². The van der Waals surface area contributed by atoms with Crippen LogP contribution in [0.4, 0.5) is 0 Å². The zero-order chi connectivity index (χ0) is 15.4. The first-order valence-corrected chi connectivity index (χ1v) is 8.80. The molecule has 22 heavy (non-hydrogen) atoms. The molecule has 0 bridgehead atoms. The number of carbonyl (C=O) groups excluding carboxylic acids is 1. The molecule has 1 atom stereocenters. The van der Waals surface area contributed by atoms with E-state index < -0.39 is 0 Å².